The third kappa shape index (κ3) is 3.37. The van der Waals surface area contributed by atoms with Crippen molar-refractivity contribution in [3.8, 4) is 0 Å². The van der Waals surface area contributed by atoms with E-state index in [1.807, 2.05) is 30.3 Å². The van der Waals surface area contributed by atoms with Gasteiger partial charge in [-0.15, -0.1) is 0 Å². The van der Waals surface area contributed by atoms with Gasteiger partial charge in [0.25, 0.3) is 0 Å². The Hall–Kier alpha value is -2.23. The molecule has 4 heteroatoms. The highest BCUT2D eigenvalue weighted by molar-refractivity contribution is 5.62. The first kappa shape index (κ1) is 13.2. The lowest BCUT2D eigenvalue weighted by Crippen LogP contribution is -2.24. The third-order valence-corrected chi connectivity index (χ3v) is 2.98. The molecular formula is C15H20N4. The van der Waals surface area contributed by atoms with Gasteiger partial charge in [-0.25, -0.2) is 4.98 Å². The van der Waals surface area contributed by atoms with Crippen LogP contribution in [0.1, 0.15) is 18.9 Å². The molecule has 1 aromatic carbocycles. The van der Waals surface area contributed by atoms with Crippen molar-refractivity contribution >= 4 is 17.3 Å². The predicted molar refractivity (Wildman–Crippen MR) is 80.8 cm³/mol. The van der Waals surface area contributed by atoms with Gasteiger partial charge in [-0.05, 0) is 24.1 Å². The van der Waals surface area contributed by atoms with Crippen molar-refractivity contribution in [2.75, 3.05) is 22.9 Å². The van der Waals surface area contributed by atoms with E-state index in [0.717, 1.165) is 25.3 Å². The lowest BCUT2D eigenvalue weighted by molar-refractivity contribution is 0.755. The van der Waals surface area contributed by atoms with Crippen LogP contribution in [0.25, 0.3) is 0 Å². The van der Waals surface area contributed by atoms with Gasteiger partial charge < -0.3 is 16.4 Å². The summed E-state index contributed by atoms with van der Waals surface area (Å²) in [7, 11) is 0. The van der Waals surface area contributed by atoms with Crippen molar-refractivity contribution in [3.63, 3.8) is 0 Å². The van der Waals surface area contributed by atoms with Crippen LogP contribution in [-0.4, -0.2) is 11.5 Å². The lowest BCUT2D eigenvalue weighted by atomic mass is 10.2. The number of benzene rings is 1. The standard InChI is InChI=1S/C15H20N4/c1-2-10-19(11-12-6-4-3-5-7-12)14-9-8-13(16)15(17)18-14/h3-9H,2,10-11,16H2,1H3,(H2,17,18). The number of nitrogens with zero attached hydrogens (tertiary/aromatic N) is 2. The molecule has 0 aliphatic carbocycles. The molecule has 0 radical (unpaired) electrons. The Kier molecular flexibility index (Phi) is 4.23. The van der Waals surface area contributed by atoms with E-state index in [0.29, 0.717) is 11.5 Å². The molecule has 0 fully saturated rings. The second-order valence-corrected chi connectivity index (χ2v) is 4.55. The Balaban J connectivity index is 2.21. The molecule has 19 heavy (non-hydrogen) atoms. The van der Waals surface area contributed by atoms with Crippen molar-refractivity contribution in [1.29, 1.82) is 0 Å². The monoisotopic (exact) mass is 256 g/mol. The molecule has 2 rings (SSSR count). The van der Waals surface area contributed by atoms with E-state index in [4.69, 9.17) is 11.5 Å². The lowest BCUT2D eigenvalue weighted by Gasteiger charge is -2.23. The Morgan fingerprint density at radius 3 is 2.42 bits per heavy atom. The number of nitrogens with two attached hydrogens (primary N) is 2. The number of rotatable bonds is 5. The molecule has 1 heterocycles. The van der Waals surface area contributed by atoms with Gasteiger partial charge in [-0.3, -0.25) is 0 Å². The first-order valence-electron chi connectivity index (χ1n) is 6.51. The molecule has 0 spiro atoms. The smallest absolute Gasteiger partial charge is 0.149 e. The van der Waals surface area contributed by atoms with Gasteiger partial charge in [0.05, 0.1) is 5.69 Å². The minimum absolute atomic E-state index is 0.395. The molecule has 100 valence electrons. The van der Waals surface area contributed by atoms with E-state index in [1.54, 1.807) is 0 Å². The van der Waals surface area contributed by atoms with Gasteiger partial charge in [-0.1, -0.05) is 37.3 Å². The van der Waals surface area contributed by atoms with Crippen LogP contribution in [0.3, 0.4) is 0 Å². The maximum absolute atomic E-state index is 5.79. The molecule has 0 amide bonds. The summed E-state index contributed by atoms with van der Waals surface area (Å²) in [5, 5.41) is 0. The van der Waals surface area contributed by atoms with Crippen LogP contribution < -0.4 is 16.4 Å². The first-order chi connectivity index (χ1) is 9.20. The fourth-order valence-electron chi connectivity index (χ4n) is 2.00. The van der Waals surface area contributed by atoms with Crippen molar-refractivity contribution in [2.24, 2.45) is 0 Å². The Labute approximate surface area is 114 Å². The Bertz CT molecular complexity index is 525. The zero-order chi connectivity index (χ0) is 13.7. The van der Waals surface area contributed by atoms with Crippen molar-refractivity contribution < 1.29 is 0 Å². The zero-order valence-corrected chi connectivity index (χ0v) is 11.2. The third-order valence-electron chi connectivity index (χ3n) is 2.98. The summed E-state index contributed by atoms with van der Waals surface area (Å²) in [5.74, 6) is 1.27. The number of nitrogen functional groups attached to an aromatic ring is 2. The van der Waals surface area contributed by atoms with Crippen molar-refractivity contribution in [2.45, 2.75) is 19.9 Å². The molecule has 0 saturated carbocycles. The van der Waals surface area contributed by atoms with Gasteiger partial charge in [0.15, 0.2) is 0 Å². The summed E-state index contributed by atoms with van der Waals surface area (Å²) >= 11 is 0. The number of hydrogen-bond acceptors (Lipinski definition) is 4. The zero-order valence-electron chi connectivity index (χ0n) is 11.2. The molecule has 1 aromatic heterocycles. The molecular weight excluding hydrogens is 236 g/mol. The first-order valence-corrected chi connectivity index (χ1v) is 6.51. The van der Waals surface area contributed by atoms with Gasteiger partial charge in [0.2, 0.25) is 0 Å². The van der Waals surface area contributed by atoms with Gasteiger partial charge in [0, 0.05) is 13.1 Å². The quantitative estimate of drug-likeness (QED) is 0.863. The van der Waals surface area contributed by atoms with Crippen LogP contribution >= 0.6 is 0 Å². The van der Waals surface area contributed by atoms with Crippen molar-refractivity contribution in [3.05, 3.63) is 48.0 Å². The van der Waals surface area contributed by atoms with Crippen LogP contribution in [-0.2, 0) is 6.54 Å². The molecule has 0 saturated heterocycles. The van der Waals surface area contributed by atoms with Crippen molar-refractivity contribution in [1.82, 2.24) is 4.98 Å². The maximum atomic E-state index is 5.79. The van der Waals surface area contributed by atoms with Crippen LogP contribution in [0.4, 0.5) is 17.3 Å². The summed E-state index contributed by atoms with van der Waals surface area (Å²) in [6.45, 7) is 3.91. The number of pyridine rings is 1. The summed E-state index contributed by atoms with van der Waals surface area (Å²) in [6.07, 6.45) is 1.05. The highest BCUT2D eigenvalue weighted by Gasteiger charge is 2.09. The highest BCUT2D eigenvalue weighted by atomic mass is 15.2. The number of anilines is 3. The van der Waals surface area contributed by atoms with E-state index in [2.05, 4.69) is 28.9 Å². The largest absolute Gasteiger partial charge is 0.396 e. The SMILES string of the molecule is CCCN(Cc1ccccc1)c1ccc(N)c(N)n1. The normalized spacial score (nSPS) is 10.4. The van der Waals surface area contributed by atoms with Crippen LogP contribution in [0.15, 0.2) is 42.5 Å². The maximum Gasteiger partial charge on any atom is 0.149 e. The van der Waals surface area contributed by atoms with E-state index >= 15 is 0 Å². The molecule has 0 atom stereocenters. The highest BCUT2D eigenvalue weighted by Crippen LogP contribution is 2.20. The summed E-state index contributed by atoms with van der Waals surface area (Å²) in [4.78, 5) is 6.58. The van der Waals surface area contributed by atoms with Crippen LogP contribution in [0.2, 0.25) is 0 Å². The second kappa shape index (κ2) is 6.09. The molecule has 4 N–H and O–H groups in total. The van der Waals surface area contributed by atoms with Gasteiger partial charge in [0.1, 0.15) is 11.6 Å². The minimum atomic E-state index is 0.395. The Morgan fingerprint density at radius 1 is 1.05 bits per heavy atom. The molecule has 0 unspecified atom stereocenters. The predicted octanol–water partition coefficient (Wildman–Crippen LogP) is 2.66. The number of hydrogen-bond donors (Lipinski definition) is 2. The fourth-order valence-corrected chi connectivity index (χ4v) is 2.00. The molecule has 4 nitrogen and oxygen atoms in total. The molecule has 0 aliphatic rings. The average molecular weight is 256 g/mol. The summed E-state index contributed by atoms with van der Waals surface area (Å²) in [6, 6.07) is 14.1. The van der Waals surface area contributed by atoms with Gasteiger partial charge in [-0.2, -0.15) is 0 Å². The minimum Gasteiger partial charge on any atom is -0.396 e. The van der Waals surface area contributed by atoms with E-state index < -0.39 is 0 Å². The molecule has 2 aromatic rings. The van der Waals surface area contributed by atoms with E-state index in [-0.39, 0.29) is 0 Å². The number of aromatic nitrogens is 1. The fraction of sp³-hybridized carbons (Fsp3) is 0.267. The Morgan fingerprint density at radius 2 is 1.79 bits per heavy atom. The van der Waals surface area contributed by atoms with Crippen LogP contribution in [0, 0.1) is 0 Å². The second-order valence-electron chi connectivity index (χ2n) is 4.55. The summed E-state index contributed by atoms with van der Waals surface area (Å²) < 4.78 is 0. The molecule has 0 bridgehead atoms. The van der Waals surface area contributed by atoms with E-state index in [9.17, 15) is 0 Å². The van der Waals surface area contributed by atoms with Crippen LogP contribution in [0.5, 0.6) is 0 Å². The average Bonchev–Trinajstić information content (AvgIpc) is 2.43. The summed E-state index contributed by atoms with van der Waals surface area (Å²) in [5.41, 5.74) is 13.3. The van der Waals surface area contributed by atoms with Gasteiger partial charge >= 0.3 is 0 Å². The van der Waals surface area contributed by atoms with E-state index in [1.165, 1.54) is 5.56 Å². The topological polar surface area (TPSA) is 68.2 Å². The molecule has 0 aliphatic heterocycles.